The van der Waals surface area contributed by atoms with E-state index in [1.54, 1.807) is 29.1 Å². The number of carbonyl (C=O) groups is 1. The fourth-order valence-corrected chi connectivity index (χ4v) is 4.16. The van der Waals surface area contributed by atoms with Gasteiger partial charge in [-0.1, -0.05) is 20.8 Å². The number of nitrogens with zero attached hydrogens (tertiary/aromatic N) is 2. The Kier molecular flexibility index (Phi) is 5.47. The van der Waals surface area contributed by atoms with Crippen LogP contribution in [0.4, 0.5) is 5.69 Å². The van der Waals surface area contributed by atoms with Crippen LogP contribution in [0.15, 0.2) is 36.0 Å². The van der Waals surface area contributed by atoms with Gasteiger partial charge in [0.1, 0.15) is 17.3 Å². The van der Waals surface area contributed by atoms with Crippen molar-refractivity contribution in [2.45, 2.75) is 32.8 Å². The quantitative estimate of drug-likeness (QED) is 0.639. The van der Waals surface area contributed by atoms with Crippen LogP contribution in [0.5, 0.6) is 0 Å². The number of pyridine rings is 1. The maximum Gasteiger partial charge on any atom is 0.275 e. The molecule has 0 saturated heterocycles. The molecule has 0 atom stereocenters. The Hall–Kier alpha value is -2.13. The average molecular weight is 389 g/mol. The van der Waals surface area contributed by atoms with Crippen molar-refractivity contribution in [3.63, 3.8) is 0 Å². The van der Waals surface area contributed by atoms with Gasteiger partial charge in [0.15, 0.2) is 0 Å². The lowest BCUT2D eigenvalue weighted by molar-refractivity contribution is 0.102. The zero-order chi connectivity index (χ0) is 18.7. The number of thiazole rings is 1. The Bertz CT molecular complexity index is 898. The number of carbonyl (C=O) groups excluding carboxylic acids is 1. The highest BCUT2D eigenvalue weighted by atomic mass is 32.1. The van der Waals surface area contributed by atoms with E-state index >= 15 is 0 Å². The largest absolute Gasteiger partial charge is 0.319 e. The summed E-state index contributed by atoms with van der Waals surface area (Å²) in [7, 11) is 0. The summed E-state index contributed by atoms with van der Waals surface area (Å²) in [6.07, 6.45) is 3.43. The number of rotatable bonds is 5. The van der Waals surface area contributed by atoms with Crippen LogP contribution >= 0.6 is 22.7 Å². The predicted molar refractivity (Wildman–Crippen MR) is 105 cm³/mol. The highest BCUT2D eigenvalue weighted by molar-refractivity contribution is 7.13. The third kappa shape index (κ3) is 4.16. The van der Waals surface area contributed by atoms with Crippen molar-refractivity contribution in [1.29, 1.82) is 0 Å². The van der Waals surface area contributed by atoms with Gasteiger partial charge in [0.05, 0.1) is 10.6 Å². The molecule has 0 aliphatic rings. The molecule has 0 aromatic carbocycles. The average Bonchev–Trinajstić information content (AvgIpc) is 3.23. The van der Waals surface area contributed by atoms with Crippen LogP contribution in [0.2, 0.25) is 0 Å². The van der Waals surface area contributed by atoms with E-state index in [1.807, 2.05) is 18.2 Å². The van der Waals surface area contributed by atoms with E-state index in [0.29, 0.717) is 11.4 Å². The van der Waals surface area contributed by atoms with E-state index in [1.165, 1.54) is 11.3 Å². The first-order valence-electron chi connectivity index (χ1n) is 8.00. The van der Waals surface area contributed by atoms with Crippen molar-refractivity contribution in [2.75, 3.05) is 5.32 Å². The Labute approximate surface area is 160 Å². The Balaban J connectivity index is 1.82. The molecule has 0 fully saturated rings. The van der Waals surface area contributed by atoms with E-state index in [0.717, 1.165) is 20.3 Å². The van der Waals surface area contributed by atoms with Crippen molar-refractivity contribution in [1.82, 2.24) is 9.97 Å². The monoisotopic (exact) mass is 388 g/mol. The number of nitrogens with one attached hydrogen (secondary N) is 1. The van der Waals surface area contributed by atoms with Gasteiger partial charge in [-0.3, -0.25) is 14.6 Å². The zero-order valence-corrected chi connectivity index (χ0v) is 16.4. The molecular weight excluding hydrogens is 368 g/mol. The predicted octanol–water partition coefficient (Wildman–Crippen LogP) is 4.21. The molecule has 0 aliphatic carbocycles. The van der Waals surface area contributed by atoms with Crippen LogP contribution < -0.4 is 11.2 Å². The van der Waals surface area contributed by atoms with Crippen molar-refractivity contribution >= 4 is 34.3 Å². The summed E-state index contributed by atoms with van der Waals surface area (Å²) in [4.78, 5) is 27.9. The van der Waals surface area contributed by atoms with E-state index in [2.05, 4.69) is 36.1 Å². The smallest absolute Gasteiger partial charge is 0.275 e. The molecule has 3 heterocycles. The lowest BCUT2D eigenvalue weighted by Crippen LogP contribution is -2.13. The van der Waals surface area contributed by atoms with E-state index in [9.17, 15) is 4.79 Å². The first-order chi connectivity index (χ1) is 12.4. The van der Waals surface area contributed by atoms with Crippen LogP contribution in [0.25, 0.3) is 10.6 Å². The summed E-state index contributed by atoms with van der Waals surface area (Å²) in [5.74, 6) is 4.98. The molecule has 3 aromatic heterocycles. The normalized spacial score (nSPS) is 11.5. The van der Waals surface area contributed by atoms with E-state index < -0.39 is 0 Å². The summed E-state index contributed by atoms with van der Waals surface area (Å²) in [5.41, 5.74) is 1.95. The number of aromatic nitrogens is 2. The highest BCUT2D eigenvalue weighted by Crippen LogP contribution is 2.36. The molecule has 3 N–H and O–H groups in total. The number of hydrogen-bond acceptors (Lipinski definition) is 7. The molecule has 3 aromatic rings. The number of anilines is 1. The first-order valence-corrected chi connectivity index (χ1v) is 9.70. The molecule has 0 spiro atoms. The van der Waals surface area contributed by atoms with Gasteiger partial charge in [0, 0.05) is 28.2 Å². The lowest BCUT2D eigenvalue weighted by atomic mass is 9.94. The molecule has 1 amide bonds. The summed E-state index contributed by atoms with van der Waals surface area (Å²) in [6, 6.07) is 5.74. The molecular formula is C18H20N4O2S2. The SMILES string of the molecule is CC(C)(C)c1cc(NC(=O)c2csc(-c3cccnc3)n2)c(CON)s1. The van der Waals surface area contributed by atoms with Crippen LogP contribution in [-0.2, 0) is 16.9 Å². The van der Waals surface area contributed by atoms with Gasteiger partial charge in [-0.05, 0) is 23.6 Å². The maximum atomic E-state index is 12.6. The third-order valence-electron chi connectivity index (χ3n) is 3.66. The van der Waals surface area contributed by atoms with Crippen molar-refractivity contribution < 1.29 is 9.63 Å². The van der Waals surface area contributed by atoms with Gasteiger partial charge in [-0.15, -0.1) is 22.7 Å². The molecule has 0 unspecified atom stereocenters. The topological polar surface area (TPSA) is 90.1 Å². The molecule has 0 radical (unpaired) electrons. The van der Waals surface area contributed by atoms with Gasteiger partial charge in [0.25, 0.3) is 5.91 Å². The van der Waals surface area contributed by atoms with Crippen LogP contribution in [0.3, 0.4) is 0 Å². The van der Waals surface area contributed by atoms with Crippen LogP contribution in [0.1, 0.15) is 41.0 Å². The first kappa shape index (κ1) is 18.7. The fraction of sp³-hybridized carbons (Fsp3) is 0.278. The van der Waals surface area contributed by atoms with Gasteiger partial charge < -0.3 is 5.32 Å². The number of hydrogen-bond donors (Lipinski definition) is 2. The van der Waals surface area contributed by atoms with Crippen LogP contribution in [0, 0.1) is 0 Å². The molecule has 26 heavy (non-hydrogen) atoms. The molecule has 3 rings (SSSR count). The molecule has 6 nitrogen and oxygen atoms in total. The molecule has 0 aliphatic heterocycles. The van der Waals surface area contributed by atoms with Gasteiger partial charge in [-0.25, -0.2) is 10.9 Å². The maximum absolute atomic E-state index is 12.6. The molecule has 0 bridgehead atoms. The second kappa shape index (κ2) is 7.63. The minimum atomic E-state index is -0.257. The second-order valence-corrected chi connectivity index (χ2v) is 8.74. The van der Waals surface area contributed by atoms with Crippen molar-refractivity contribution in [3.05, 3.63) is 51.4 Å². The van der Waals surface area contributed by atoms with Gasteiger partial charge >= 0.3 is 0 Å². The van der Waals surface area contributed by atoms with Gasteiger partial charge in [0.2, 0.25) is 0 Å². The van der Waals surface area contributed by atoms with Crippen molar-refractivity contribution in [3.8, 4) is 10.6 Å². The number of nitrogens with two attached hydrogens (primary N) is 1. The Morgan fingerprint density at radius 2 is 2.19 bits per heavy atom. The number of thiophene rings is 1. The summed E-state index contributed by atoms with van der Waals surface area (Å²) >= 11 is 3.00. The standard InChI is InChI=1S/C18H20N4O2S2/c1-18(2,3)15-7-12(14(26-15)9-24-19)21-16(23)13-10-25-17(22-13)11-5-4-6-20-8-11/h4-8,10H,9,19H2,1-3H3,(H,21,23). The summed E-state index contributed by atoms with van der Waals surface area (Å²) < 4.78 is 0. The van der Waals surface area contributed by atoms with Gasteiger partial charge in [-0.2, -0.15) is 0 Å². The molecule has 0 saturated carbocycles. The fourth-order valence-electron chi connectivity index (χ4n) is 2.27. The number of amides is 1. The van der Waals surface area contributed by atoms with Crippen molar-refractivity contribution in [2.24, 2.45) is 5.90 Å². The Morgan fingerprint density at radius 3 is 2.85 bits per heavy atom. The minimum Gasteiger partial charge on any atom is -0.319 e. The van der Waals surface area contributed by atoms with E-state index in [4.69, 9.17) is 10.7 Å². The molecule has 136 valence electrons. The summed E-state index contributed by atoms with van der Waals surface area (Å²) in [5, 5.41) is 5.44. The van der Waals surface area contributed by atoms with E-state index in [-0.39, 0.29) is 17.9 Å². The zero-order valence-electron chi connectivity index (χ0n) is 14.8. The molecule has 8 heteroatoms. The highest BCUT2D eigenvalue weighted by Gasteiger charge is 2.21. The minimum absolute atomic E-state index is 0.0227. The second-order valence-electron chi connectivity index (χ2n) is 6.74. The van der Waals surface area contributed by atoms with Crippen LogP contribution in [-0.4, -0.2) is 15.9 Å². The third-order valence-corrected chi connectivity index (χ3v) is 6.08. The lowest BCUT2D eigenvalue weighted by Gasteiger charge is -2.15. The summed E-state index contributed by atoms with van der Waals surface area (Å²) in [6.45, 7) is 6.61. The Morgan fingerprint density at radius 1 is 1.38 bits per heavy atom.